The molecule has 10 nitrogen and oxygen atoms in total. The number of hydrogen-bond donors (Lipinski definition) is 1. The lowest BCUT2D eigenvalue weighted by molar-refractivity contribution is -0.139. The van der Waals surface area contributed by atoms with Gasteiger partial charge in [-0.2, -0.15) is 0 Å². The molecule has 0 bridgehead atoms. The van der Waals surface area contributed by atoms with Gasteiger partial charge in [-0.25, -0.2) is 33.1 Å². The monoisotopic (exact) mass is 725 g/mol. The predicted octanol–water partition coefficient (Wildman–Crippen LogP) is 6.57. The van der Waals surface area contributed by atoms with Gasteiger partial charge in [0.05, 0.1) is 49.1 Å². The second-order valence-corrected chi connectivity index (χ2v) is 13.6. The Morgan fingerprint density at radius 2 is 1.21 bits per heavy atom. The van der Waals surface area contributed by atoms with Crippen molar-refractivity contribution in [3.63, 3.8) is 0 Å². The molecule has 5 aromatic rings. The third-order valence-corrected chi connectivity index (χ3v) is 9.86. The van der Waals surface area contributed by atoms with E-state index in [1.807, 2.05) is 13.0 Å². The lowest BCUT2D eigenvalue weighted by Gasteiger charge is -2.19. The van der Waals surface area contributed by atoms with Crippen LogP contribution in [0.4, 0.5) is 13.2 Å². The van der Waals surface area contributed by atoms with E-state index in [4.69, 9.17) is 9.47 Å². The Morgan fingerprint density at radius 1 is 0.698 bits per heavy atom. The van der Waals surface area contributed by atoms with E-state index in [9.17, 15) is 27.9 Å². The fraction of sp³-hybridized carbons (Fsp3) is 0.325. The molecule has 13 heteroatoms. The first-order chi connectivity index (χ1) is 25.3. The third kappa shape index (κ3) is 8.34. The minimum absolute atomic E-state index is 0.0288. The highest BCUT2D eigenvalue weighted by Crippen LogP contribution is 2.56. The molecule has 3 heterocycles. The van der Waals surface area contributed by atoms with E-state index in [0.29, 0.717) is 58.6 Å². The molecule has 0 aliphatic heterocycles. The highest BCUT2D eigenvalue weighted by Gasteiger charge is 2.61. The Labute approximate surface area is 304 Å². The lowest BCUT2D eigenvalue weighted by atomic mass is 9.91. The Kier molecular flexibility index (Phi) is 10.6. The molecular weight excluding hydrogens is 687 g/mol. The number of carboxylic acids is 1. The average Bonchev–Trinajstić information content (AvgIpc) is 4.04. The number of rotatable bonds is 12. The smallest absolute Gasteiger partial charge is 0.307 e. The van der Waals surface area contributed by atoms with Gasteiger partial charge < -0.3 is 14.6 Å². The molecule has 1 N–H and O–H groups in total. The zero-order valence-corrected chi connectivity index (χ0v) is 29.6. The van der Waals surface area contributed by atoms with Crippen LogP contribution < -0.4 is 9.47 Å². The molecule has 3 aromatic heterocycles. The van der Waals surface area contributed by atoms with Crippen LogP contribution in [0.3, 0.4) is 0 Å². The number of ether oxygens (including phenoxy) is 2. The summed E-state index contributed by atoms with van der Waals surface area (Å²) in [6.45, 7) is 7.57. The number of Topliss-reactive ketones (excluding diaryl/α,β-unsaturated/α-hetero) is 1. The number of aliphatic carboxylic acids is 1. The summed E-state index contributed by atoms with van der Waals surface area (Å²) in [7, 11) is 0. The molecule has 2 aromatic carbocycles. The van der Waals surface area contributed by atoms with Gasteiger partial charge in [0.2, 0.25) is 0 Å². The number of carbonyl (C=O) groups excluding carboxylic acids is 1. The second-order valence-electron chi connectivity index (χ2n) is 13.6. The van der Waals surface area contributed by atoms with Crippen molar-refractivity contribution in [3.8, 4) is 11.5 Å². The first-order valence-electron chi connectivity index (χ1n) is 17.0. The standard InChI is InChI=1S/C23H21F2N3O2.C17H17FN2O3/c1-14-22(12-26-15(2)28-14)30-13-23(16-4-3-5-17(24)8-16)10-20(23)21(29)9-19-7-6-18(25)11-27-19;1-10-15(8-19-11(2)20-10)23-9-17(7-14(17)16(21)22)12-4-3-5-13(18)6-12/h3-8,11-12,20H,9-10,13H2,1-2H3;3-6,8,14H,7,9H2,1-2H3,(H,21,22)/t20-,23+;14-,17+/m00/s1. The van der Waals surface area contributed by atoms with Crippen LogP contribution >= 0.6 is 0 Å². The van der Waals surface area contributed by atoms with Gasteiger partial charge in [-0.05, 0) is 88.1 Å². The topological polar surface area (TPSA) is 137 Å². The Bertz CT molecular complexity index is 2150. The van der Waals surface area contributed by atoms with E-state index < -0.39 is 28.5 Å². The highest BCUT2D eigenvalue weighted by atomic mass is 19.1. The van der Waals surface area contributed by atoms with E-state index in [-0.39, 0.29) is 43.0 Å². The van der Waals surface area contributed by atoms with Crippen molar-refractivity contribution in [2.24, 2.45) is 11.8 Å². The second kappa shape index (κ2) is 15.1. The van der Waals surface area contributed by atoms with Crippen LogP contribution in [0.25, 0.3) is 0 Å². The molecule has 2 aliphatic carbocycles. The summed E-state index contributed by atoms with van der Waals surface area (Å²) in [6.07, 6.45) is 5.35. The van der Waals surface area contributed by atoms with Crippen LogP contribution in [0.5, 0.6) is 11.5 Å². The summed E-state index contributed by atoms with van der Waals surface area (Å²) in [5, 5.41) is 9.33. The van der Waals surface area contributed by atoms with Gasteiger partial charge in [0.25, 0.3) is 0 Å². The van der Waals surface area contributed by atoms with Gasteiger partial charge in [-0.15, -0.1) is 0 Å². The number of aryl methyl sites for hydroxylation is 4. The molecule has 2 aliphatic rings. The first kappa shape index (κ1) is 37.1. The largest absolute Gasteiger partial charge is 0.489 e. The van der Waals surface area contributed by atoms with Crippen molar-refractivity contribution in [1.82, 2.24) is 24.9 Å². The van der Waals surface area contributed by atoms with Crippen molar-refractivity contribution in [3.05, 3.63) is 137 Å². The zero-order chi connectivity index (χ0) is 37.9. The maximum Gasteiger partial charge on any atom is 0.307 e. The maximum absolute atomic E-state index is 13.9. The lowest BCUT2D eigenvalue weighted by Crippen LogP contribution is -2.25. The number of carbonyl (C=O) groups is 2. The van der Waals surface area contributed by atoms with Crippen LogP contribution in [0.15, 0.2) is 79.3 Å². The van der Waals surface area contributed by atoms with Gasteiger partial charge >= 0.3 is 5.97 Å². The maximum atomic E-state index is 13.9. The Balaban J connectivity index is 0.000000188. The summed E-state index contributed by atoms with van der Waals surface area (Å²) < 4.78 is 52.3. The number of benzene rings is 2. The van der Waals surface area contributed by atoms with Crippen molar-refractivity contribution in [1.29, 1.82) is 0 Å². The number of aromatic nitrogens is 5. The van der Waals surface area contributed by atoms with Gasteiger partial charge in [0, 0.05) is 28.9 Å². The van der Waals surface area contributed by atoms with Crippen molar-refractivity contribution >= 4 is 11.8 Å². The van der Waals surface area contributed by atoms with Crippen molar-refractivity contribution in [2.45, 2.75) is 57.8 Å². The molecule has 0 amide bonds. The molecule has 0 spiro atoms. The van der Waals surface area contributed by atoms with Crippen LogP contribution in [-0.4, -0.2) is 55.0 Å². The summed E-state index contributed by atoms with van der Waals surface area (Å²) >= 11 is 0. The molecule has 0 radical (unpaired) electrons. The van der Waals surface area contributed by atoms with E-state index in [1.54, 1.807) is 51.4 Å². The minimum Gasteiger partial charge on any atom is -0.489 e. The molecule has 53 heavy (non-hydrogen) atoms. The zero-order valence-electron chi connectivity index (χ0n) is 29.6. The molecule has 0 saturated heterocycles. The number of carboxylic acid groups (broad SMARTS) is 1. The fourth-order valence-corrected chi connectivity index (χ4v) is 6.73. The van der Waals surface area contributed by atoms with E-state index in [2.05, 4.69) is 24.9 Å². The van der Waals surface area contributed by atoms with E-state index >= 15 is 0 Å². The molecule has 2 saturated carbocycles. The Morgan fingerprint density at radius 3 is 1.64 bits per heavy atom. The molecule has 4 atom stereocenters. The summed E-state index contributed by atoms with van der Waals surface area (Å²) in [5.41, 5.74) is 1.94. The number of hydrogen-bond acceptors (Lipinski definition) is 9. The molecule has 2 fully saturated rings. The number of halogens is 3. The normalized spacial score (nSPS) is 21.2. The van der Waals surface area contributed by atoms with Gasteiger partial charge in [-0.3, -0.25) is 14.6 Å². The minimum atomic E-state index is -0.894. The quantitative estimate of drug-likeness (QED) is 0.150. The van der Waals surface area contributed by atoms with Crippen LogP contribution in [0.2, 0.25) is 0 Å². The molecular formula is C40H38F3N5O5. The van der Waals surface area contributed by atoms with Crippen LogP contribution in [-0.2, 0) is 26.8 Å². The SMILES string of the molecule is Cc1ncc(OC[C@@]2(c3cccc(F)c3)C[C@H]2C(=O)Cc2ccc(F)cn2)c(C)n1.Cc1ncc(OC[C@@]2(c3cccc(F)c3)C[C@H]2C(=O)O)c(C)n1. The highest BCUT2D eigenvalue weighted by molar-refractivity contribution is 5.88. The summed E-state index contributed by atoms with van der Waals surface area (Å²) in [6, 6.07) is 15.1. The molecule has 0 unspecified atom stereocenters. The van der Waals surface area contributed by atoms with Crippen molar-refractivity contribution < 1.29 is 37.3 Å². The van der Waals surface area contributed by atoms with Gasteiger partial charge in [0.15, 0.2) is 11.5 Å². The van der Waals surface area contributed by atoms with Gasteiger partial charge in [-0.1, -0.05) is 24.3 Å². The number of pyridine rings is 1. The van der Waals surface area contributed by atoms with E-state index in [0.717, 1.165) is 11.8 Å². The average molecular weight is 726 g/mol. The van der Waals surface area contributed by atoms with Crippen molar-refractivity contribution in [2.75, 3.05) is 13.2 Å². The van der Waals surface area contributed by atoms with Crippen LogP contribution in [0, 0.1) is 57.0 Å². The summed E-state index contributed by atoms with van der Waals surface area (Å²) in [4.78, 5) is 45.1. The van der Waals surface area contributed by atoms with Gasteiger partial charge in [0.1, 0.15) is 34.9 Å². The number of nitrogens with zero attached hydrogens (tertiary/aromatic N) is 5. The third-order valence-electron chi connectivity index (χ3n) is 9.86. The fourth-order valence-electron chi connectivity index (χ4n) is 6.73. The summed E-state index contributed by atoms with van der Waals surface area (Å²) in [5.74, 6) is -0.682. The van der Waals surface area contributed by atoms with E-state index in [1.165, 1.54) is 36.4 Å². The Hall–Kier alpha value is -5.72. The number of ketones is 1. The predicted molar refractivity (Wildman–Crippen MR) is 187 cm³/mol. The molecule has 274 valence electrons. The van der Waals surface area contributed by atoms with Crippen LogP contribution in [0.1, 0.15) is 52.7 Å². The first-order valence-corrected chi connectivity index (χ1v) is 17.0. The molecule has 7 rings (SSSR count).